The number of nitrogens with zero attached hydrogens (tertiary/aromatic N) is 3. The van der Waals surface area contributed by atoms with Crippen LogP contribution >= 0.6 is 0 Å². The Balaban J connectivity index is 1.54. The number of aliphatic hydroxyl groups excluding tert-OH is 1. The van der Waals surface area contributed by atoms with Gasteiger partial charge in [0.1, 0.15) is 42.4 Å². The highest BCUT2D eigenvalue weighted by atomic mass is 16.7. The first-order valence-electron chi connectivity index (χ1n) is 14.9. The Bertz CT molecular complexity index is 1250. The maximum absolute atomic E-state index is 12.7. The number of carbonyl (C=O) groups excluding carboxylic acids is 3. The smallest absolute Gasteiger partial charge is 0.313 e. The minimum atomic E-state index is -1.36. The zero-order chi connectivity index (χ0) is 30.5. The first-order chi connectivity index (χ1) is 19.9. The molecule has 4 atom stereocenters. The van der Waals surface area contributed by atoms with E-state index < -0.39 is 42.1 Å². The molecule has 1 aliphatic carbocycles. The van der Waals surface area contributed by atoms with Crippen molar-refractivity contribution in [1.82, 2.24) is 14.6 Å². The van der Waals surface area contributed by atoms with Crippen LogP contribution in [0.5, 0.6) is 0 Å². The molecule has 12 heteroatoms. The summed E-state index contributed by atoms with van der Waals surface area (Å²) in [5.41, 5.74) is -1.08. The van der Waals surface area contributed by atoms with Gasteiger partial charge in [0.05, 0.1) is 11.1 Å². The van der Waals surface area contributed by atoms with E-state index in [1.54, 1.807) is 44.3 Å². The van der Waals surface area contributed by atoms with Crippen LogP contribution in [0, 0.1) is 11.3 Å². The Kier molecular flexibility index (Phi) is 10.2. The van der Waals surface area contributed by atoms with Gasteiger partial charge in [-0.2, -0.15) is 5.10 Å². The van der Waals surface area contributed by atoms with Gasteiger partial charge in [-0.25, -0.2) is 9.50 Å². The van der Waals surface area contributed by atoms with Crippen LogP contribution in [0.1, 0.15) is 91.7 Å². The third-order valence-corrected chi connectivity index (χ3v) is 7.99. The summed E-state index contributed by atoms with van der Waals surface area (Å²) in [7, 11) is 0. The van der Waals surface area contributed by atoms with Crippen LogP contribution < -0.4 is 5.32 Å². The van der Waals surface area contributed by atoms with Crippen molar-refractivity contribution in [2.24, 2.45) is 11.3 Å². The number of aliphatic hydroxyl groups is 1. The van der Waals surface area contributed by atoms with Crippen molar-refractivity contribution >= 4 is 29.2 Å². The molecule has 0 radical (unpaired) electrons. The fourth-order valence-corrected chi connectivity index (χ4v) is 5.58. The van der Waals surface area contributed by atoms with Crippen molar-refractivity contribution in [3.8, 4) is 0 Å². The number of amides is 1. The van der Waals surface area contributed by atoms with E-state index in [2.05, 4.69) is 15.4 Å². The largest absolute Gasteiger partial charge is 0.463 e. The van der Waals surface area contributed by atoms with Crippen molar-refractivity contribution in [2.45, 2.75) is 110 Å². The normalized spacial score (nSPS) is 25.0. The third kappa shape index (κ3) is 7.27. The van der Waals surface area contributed by atoms with E-state index >= 15 is 0 Å². The summed E-state index contributed by atoms with van der Waals surface area (Å²) in [6, 6.07) is 3.47. The maximum atomic E-state index is 12.7. The van der Waals surface area contributed by atoms with E-state index in [0.29, 0.717) is 42.2 Å². The molecule has 2 fully saturated rings. The Hall–Kier alpha value is -3.09. The van der Waals surface area contributed by atoms with Crippen LogP contribution in [0.25, 0.3) is 5.52 Å². The van der Waals surface area contributed by atoms with Gasteiger partial charge in [0.2, 0.25) is 5.91 Å². The lowest BCUT2D eigenvalue weighted by Gasteiger charge is -2.28. The van der Waals surface area contributed by atoms with Gasteiger partial charge in [-0.3, -0.25) is 14.4 Å². The number of ether oxygens (including phenoxy) is 4. The summed E-state index contributed by atoms with van der Waals surface area (Å²) in [6.45, 7) is 8.24. The molecule has 2 aromatic rings. The number of rotatable bonds is 11. The number of carbonyl (C=O) groups is 3. The van der Waals surface area contributed by atoms with E-state index in [0.717, 1.165) is 25.7 Å². The maximum Gasteiger partial charge on any atom is 0.313 e. The van der Waals surface area contributed by atoms with Crippen LogP contribution in [0.15, 0.2) is 18.5 Å². The molecule has 0 unspecified atom stereocenters. The minimum Gasteiger partial charge on any atom is -0.463 e. The van der Waals surface area contributed by atoms with Crippen LogP contribution in [-0.4, -0.2) is 69.3 Å². The van der Waals surface area contributed by atoms with Gasteiger partial charge in [0.25, 0.3) is 0 Å². The van der Waals surface area contributed by atoms with Crippen molar-refractivity contribution in [3.63, 3.8) is 0 Å². The Morgan fingerprint density at radius 2 is 1.90 bits per heavy atom. The highest BCUT2D eigenvalue weighted by molar-refractivity contribution is 5.93. The average molecular weight is 589 g/mol. The summed E-state index contributed by atoms with van der Waals surface area (Å²) in [6.07, 6.45) is 5.07. The predicted octanol–water partition coefficient (Wildman–Crippen LogP) is 3.89. The molecule has 1 amide bonds. The molecule has 0 bridgehead atoms. The number of fused-ring (bicyclic) bond motifs is 1. The first-order valence-corrected chi connectivity index (χ1v) is 14.9. The summed E-state index contributed by atoms with van der Waals surface area (Å²) in [5.74, 6) is -0.298. The highest BCUT2D eigenvalue weighted by Gasteiger charge is 2.55. The van der Waals surface area contributed by atoms with Crippen molar-refractivity contribution < 1.29 is 38.4 Å². The zero-order valence-electron chi connectivity index (χ0n) is 25.3. The van der Waals surface area contributed by atoms with Gasteiger partial charge in [0.15, 0.2) is 12.6 Å². The molecule has 0 spiro atoms. The monoisotopic (exact) mass is 588 g/mol. The second kappa shape index (κ2) is 13.5. The summed E-state index contributed by atoms with van der Waals surface area (Å²) >= 11 is 0. The zero-order valence-corrected chi connectivity index (χ0v) is 25.3. The molecule has 3 heterocycles. The topological polar surface area (TPSA) is 151 Å². The van der Waals surface area contributed by atoms with Crippen LogP contribution in [-0.2, 0) is 38.9 Å². The number of nitrogens with one attached hydrogen (secondary N) is 1. The molecule has 12 nitrogen and oxygen atoms in total. The molecule has 4 rings (SSSR count). The molecular formula is C30H44N4O8. The number of hydrogen-bond donors (Lipinski definition) is 2. The second-order valence-corrected chi connectivity index (χ2v) is 12.5. The molecule has 2 N–H and O–H groups in total. The standard InChI is InChI=1S/C30H44N4O8/c1-6-10-23(35)33-27-20-13-14-22(34(20)32-17-31-27)30(5)26(37)25(40-18-41-28(38)29(2,3)4)21(42-30)16-39-24(36)15-19-11-8-7-9-12-19/h13-14,17,19,21,25-26,37H,6-12,15-16,18H2,1-5H3,(H,31,32,33,35)/t21-,25-,26-,30+/m1/s1. The molecule has 2 aromatic heterocycles. The van der Waals surface area contributed by atoms with E-state index in [-0.39, 0.29) is 18.5 Å². The fraction of sp³-hybridized carbons (Fsp3) is 0.700. The van der Waals surface area contributed by atoms with Gasteiger partial charge in [0, 0.05) is 12.8 Å². The lowest BCUT2D eigenvalue weighted by atomic mass is 9.87. The van der Waals surface area contributed by atoms with Crippen LogP contribution in [0.4, 0.5) is 5.82 Å². The van der Waals surface area contributed by atoms with Crippen molar-refractivity contribution in [3.05, 3.63) is 24.2 Å². The quantitative estimate of drug-likeness (QED) is 0.292. The summed E-state index contributed by atoms with van der Waals surface area (Å²) in [5, 5.41) is 18.7. The lowest BCUT2D eigenvalue weighted by Crippen LogP contribution is -2.42. The molecule has 2 aliphatic rings. The van der Waals surface area contributed by atoms with Gasteiger partial charge >= 0.3 is 11.9 Å². The Morgan fingerprint density at radius 3 is 2.60 bits per heavy atom. The molecule has 1 saturated heterocycles. The highest BCUT2D eigenvalue weighted by Crippen LogP contribution is 2.42. The Labute approximate surface area is 246 Å². The van der Waals surface area contributed by atoms with Gasteiger partial charge in [-0.1, -0.05) is 26.2 Å². The molecular weight excluding hydrogens is 544 g/mol. The SMILES string of the molecule is CCCC(=O)Nc1ncnn2c([C@]3(C)O[C@H](COC(=O)CC4CCCCC4)[C@@H](OCOC(=O)C(C)(C)C)[C@H]3O)ccc12. The second-order valence-electron chi connectivity index (χ2n) is 12.5. The van der Waals surface area contributed by atoms with Crippen molar-refractivity contribution in [1.29, 1.82) is 0 Å². The van der Waals surface area contributed by atoms with Crippen LogP contribution in [0.2, 0.25) is 0 Å². The molecule has 1 aliphatic heterocycles. The minimum absolute atomic E-state index is 0.146. The molecule has 1 saturated carbocycles. The first kappa shape index (κ1) is 31.8. The van der Waals surface area contributed by atoms with Crippen LogP contribution in [0.3, 0.4) is 0 Å². The summed E-state index contributed by atoms with van der Waals surface area (Å²) in [4.78, 5) is 41.5. The summed E-state index contributed by atoms with van der Waals surface area (Å²) < 4.78 is 24.7. The third-order valence-electron chi connectivity index (χ3n) is 7.99. The van der Waals surface area contributed by atoms with E-state index in [1.807, 2.05) is 6.92 Å². The van der Waals surface area contributed by atoms with Gasteiger partial charge < -0.3 is 29.4 Å². The van der Waals surface area contributed by atoms with Crippen molar-refractivity contribution in [2.75, 3.05) is 18.7 Å². The number of aromatic nitrogens is 3. The average Bonchev–Trinajstić information content (AvgIpc) is 3.48. The predicted molar refractivity (Wildman–Crippen MR) is 152 cm³/mol. The van der Waals surface area contributed by atoms with E-state index in [4.69, 9.17) is 18.9 Å². The molecule has 232 valence electrons. The van der Waals surface area contributed by atoms with E-state index in [9.17, 15) is 19.5 Å². The Morgan fingerprint density at radius 1 is 1.17 bits per heavy atom. The fourth-order valence-electron chi connectivity index (χ4n) is 5.58. The molecule has 42 heavy (non-hydrogen) atoms. The van der Waals surface area contributed by atoms with Gasteiger partial charge in [-0.15, -0.1) is 0 Å². The van der Waals surface area contributed by atoms with E-state index in [1.165, 1.54) is 12.7 Å². The number of esters is 2. The lowest BCUT2D eigenvalue weighted by molar-refractivity contribution is -0.178. The number of hydrogen-bond acceptors (Lipinski definition) is 10. The van der Waals surface area contributed by atoms with Gasteiger partial charge in [-0.05, 0) is 65.0 Å². The molecule has 0 aromatic carbocycles. The number of anilines is 1.